The summed E-state index contributed by atoms with van der Waals surface area (Å²) in [7, 11) is 0. The summed E-state index contributed by atoms with van der Waals surface area (Å²) in [6.45, 7) is 0.605. The zero-order valence-electron chi connectivity index (χ0n) is 9.91. The van der Waals surface area contributed by atoms with Crippen molar-refractivity contribution >= 4 is 33.4 Å². The maximum absolute atomic E-state index is 13.2. The summed E-state index contributed by atoms with van der Waals surface area (Å²) in [5.41, 5.74) is 1.96. The maximum Gasteiger partial charge on any atom is 0.124 e. The van der Waals surface area contributed by atoms with Crippen molar-refractivity contribution in [1.29, 1.82) is 0 Å². The summed E-state index contributed by atoms with van der Waals surface area (Å²) >= 11 is 4.99. The molecule has 2 aromatic carbocycles. The Labute approximate surface area is 119 Å². The van der Waals surface area contributed by atoms with E-state index in [0.717, 1.165) is 15.7 Å². The van der Waals surface area contributed by atoms with Crippen LogP contribution in [-0.2, 0) is 6.54 Å². The molecule has 0 aliphatic rings. The molecule has 0 saturated heterocycles. The van der Waals surface area contributed by atoms with Gasteiger partial charge in [0.25, 0.3) is 0 Å². The van der Waals surface area contributed by atoms with E-state index in [1.807, 2.05) is 24.5 Å². The first-order chi connectivity index (χ1) is 8.67. The van der Waals surface area contributed by atoms with Crippen molar-refractivity contribution < 1.29 is 4.39 Å². The molecule has 0 fully saturated rings. The molecule has 0 aliphatic carbocycles. The third-order valence-electron chi connectivity index (χ3n) is 2.49. The molecule has 0 amide bonds. The highest BCUT2D eigenvalue weighted by Gasteiger charge is 2.00. The minimum atomic E-state index is -0.223. The topological polar surface area (TPSA) is 12.0 Å². The van der Waals surface area contributed by atoms with E-state index in [9.17, 15) is 4.39 Å². The first-order valence-corrected chi connectivity index (χ1v) is 7.52. The number of anilines is 1. The molecular weight excluding hydrogens is 313 g/mol. The predicted molar refractivity (Wildman–Crippen MR) is 79.6 cm³/mol. The second kappa shape index (κ2) is 6.25. The molecule has 0 aromatic heterocycles. The predicted octanol–water partition coefficient (Wildman–Crippen LogP) is 4.92. The Bertz CT molecular complexity index is 525. The average molecular weight is 326 g/mol. The van der Waals surface area contributed by atoms with Gasteiger partial charge in [-0.15, -0.1) is 11.8 Å². The van der Waals surface area contributed by atoms with Crippen molar-refractivity contribution in [1.82, 2.24) is 0 Å². The van der Waals surface area contributed by atoms with E-state index in [1.54, 1.807) is 11.8 Å². The molecule has 94 valence electrons. The molecule has 1 nitrogen and oxygen atoms in total. The Morgan fingerprint density at radius 3 is 2.78 bits per heavy atom. The SMILES string of the molecule is CSc1cccc(NCc2cc(F)cc(Br)c2)c1. The standard InChI is InChI=1S/C14H13BrFNS/c1-18-14-4-2-3-13(8-14)17-9-10-5-11(15)7-12(16)6-10/h2-8,17H,9H2,1H3. The number of thioether (sulfide) groups is 1. The summed E-state index contributed by atoms with van der Waals surface area (Å²) in [6.07, 6.45) is 2.04. The fraction of sp³-hybridized carbons (Fsp3) is 0.143. The average Bonchev–Trinajstić information content (AvgIpc) is 2.35. The largest absolute Gasteiger partial charge is 0.381 e. The minimum absolute atomic E-state index is 0.223. The lowest BCUT2D eigenvalue weighted by Gasteiger charge is -2.08. The van der Waals surface area contributed by atoms with Crippen LogP contribution >= 0.6 is 27.7 Å². The Morgan fingerprint density at radius 1 is 1.22 bits per heavy atom. The number of benzene rings is 2. The van der Waals surface area contributed by atoms with E-state index < -0.39 is 0 Å². The van der Waals surface area contributed by atoms with Crippen LogP contribution in [0.2, 0.25) is 0 Å². The minimum Gasteiger partial charge on any atom is -0.381 e. The van der Waals surface area contributed by atoms with Crippen molar-refractivity contribution in [3.63, 3.8) is 0 Å². The number of rotatable bonds is 4. The van der Waals surface area contributed by atoms with Crippen LogP contribution in [0.5, 0.6) is 0 Å². The Balaban J connectivity index is 2.06. The van der Waals surface area contributed by atoms with Crippen LogP contribution in [0.25, 0.3) is 0 Å². The zero-order chi connectivity index (χ0) is 13.0. The molecule has 4 heteroatoms. The van der Waals surface area contributed by atoms with Crippen molar-refractivity contribution in [2.75, 3.05) is 11.6 Å². The van der Waals surface area contributed by atoms with Crippen molar-refractivity contribution in [2.24, 2.45) is 0 Å². The number of halogens is 2. The van der Waals surface area contributed by atoms with Gasteiger partial charge < -0.3 is 5.32 Å². The fourth-order valence-corrected chi connectivity index (χ4v) is 2.62. The van der Waals surface area contributed by atoms with Gasteiger partial charge in [-0.2, -0.15) is 0 Å². The van der Waals surface area contributed by atoms with E-state index in [-0.39, 0.29) is 5.82 Å². The molecule has 0 saturated carbocycles. The second-order valence-electron chi connectivity index (χ2n) is 3.86. The van der Waals surface area contributed by atoms with Crippen molar-refractivity contribution in [2.45, 2.75) is 11.4 Å². The molecule has 0 aliphatic heterocycles. The van der Waals surface area contributed by atoms with Gasteiger partial charge >= 0.3 is 0 Å². The second-order valence-corrected chi connectivity index (χ2v) is 5.66. The van der Waals surface area contributed by atoms with Gasteiger partial charge in [-0.1, -0.05) is 22.0 Å². The molecule has 2 aromatic rings. The molecule has 1 N–H and O–H groups in total. The third kappa shape index (κ3) is 3.75. The van der Waals surface area contributed by atoms with Gasteiger partial charge in [-0.3, -0.25) is 0 Å². The summed E-state index contributed by atoms with van der Waals surface area (Å²) < 4.78 is 14.0. The molecule has 0 radical (unpaired) electrons. The van der Waals surface area contributed by atoms with Crippen LogP contribution in [0, 0.1) is 5.82 Å². The van der Waals surface area contributed by atoms with Crippen LogP contribution in [-0.4, -0.2) is 6.26 Å². The van der Waals surface area contributed by atoms with Crippen LogP contribution in [0.1, 0.15) is 5.56 Å². The van der Waals surface area contributed by atoms with Gasteiger partial charge in [0.15, 0.2) is 0 Å². The molecule has 18 heavy (non-hydrogen) atoms. The molecule has 0 unspecified atom stereocenters. The fourth-order valence-electron chi connectivity index (χ4n) is 1.65. The van der Waals surface area contributed by atoms with Gasteiger partial charge in [0.1, 0.15) is 5.82 Å². The van der Waals surface area contributed by atoms with Crippen LogP contribution in [0.3, 0.4) is 0 Å². The highest BCUT2D eigenvalue weighted by atomic mass is 79.9. The molecule has 0 bridgehead atoms. The number of hydrogen-bond donors (Lipinski definition) is 1. The van der Waals surface area contributed by atoms with E-state index in [2.05, 4.69) is 33.4 Å². The number of hydrogen-bond acceptors (Lipinski definition) is 2. The Hall–Kier alpha value is -1.000. The van der Waals surface area contributed by atoms with Gasteiger partial charge in [0.05, 0.1) is 0 Å². The molecule has 2 rings (SSSR count). The maximum atomic E-state index is 13.2. The normalized spacial score (nSPS) is 10.4. The molecule has 0 heterocycles. The zero-order valence-corrected chi connectivity index (χ0v) is 12.3. The van der Waals surface area contributed by atoms with Crippen molar-refractivity contribution in [3.8, 4) is 0 Å². The van der Waals surface area contributed by atoms with Gasteiger partial charge in [0, 0.05) is 21.6 Å². The smallest absolute Gasteiger partial charge is 0.124 e. The quantitative estimate of drug-likeness (QED) is 0.800. The Kier molecular flexibility index (Phi) is 4.66. The van der Waals surface area contributed by atoms with Crippen molar-refractivity contribution in [3.05, 3.63) is 58.3 Å². The molecule has 0 atom stereocenters. The summed E-state index contributed by atoms with van der Waals surface area (Å²) in [5, 5.41) is 3.29. The van der Waals surface area contributed by atoms with Gasteiger partial charge in [0.2, 0.25) is 0 Å². The van der Waals surface area contributed by atoms with E-state index in [0.29, 0.717) is 6.54 Å². The first kappa shape index (κ1) is 13.4. The van der Waals surface area contributed by atoms with E-state index >= 15 is 0 Å². The van der Waals surface area contributed by atoms with Crippen LogP contribution in [0.4, 0.5) is 10.1 Å². The third-order valence-corrected chi connectivity index (χ3v) is 3.67. The molecular formula is C14H13BrFNS. The summed E-state index contributed by atoms with van der Waals surface area (Å²) in [6, 6.07) is 13.1. The van der Waals surface area contributed by atoms with E-state index in [1.165, 1.54) is 17.0 Å². The van der Waals surface area contributed by atoms with E-state index in [4.69, 9.17) is 0 Å². The summed E-state index contributed by atoms with van der Waals surface area (Å²) in [5.74, 6) is -0.223. The molecule has 0 spiro atoms. The first-order valence-electron chi connectivity index (χ1n) is 5.50. The monoisotopic (exact) mass is 325 g/mol. The lowest BCUT2D eigenvalue weighted by Crippen LogP contribution is -1.99. The Morgan fingerprint density at radius 2 is 2.06 bits per heavy atom. The van der Waals surface area contributed by atoms with Gasteiger partial charge in [-0.05, 0) is 48.2 Å². The lowest BCUT2D eigenvalue weighted by atomic mass is 10.2. The van der Waals surface area contributed by atoms with Crippen LogP contribution in [0.15, 0.2) is 51.8 Å². The lowest BCUT2D eigenvalue weighted by molar-refractivity contribution is 0.625. The van der Waals surface area contributed by atoms with Crippen LogP contribution < -0.4 is 5.32 Å². The highest BCUT2D eigenvalue weighted by molar-refractivity contribution is 9.10. The van der Waals surface area contributed by atoms with Gasteiger partial charge in [-0.25, -0.2) is 4.39 Å². The highest BCUT2D eigenvalue weighted by Crippen LogP contribution is 2.20. The summed E-state index contributed by atoms with van der Waals surface area (Å²) in [4.78, 5) is 1.21. The number of nitrogens with one attached hydrogen (secondary N) is 1.